The van der Waals surface area contributed by atoms with E-state index in [1.807, 2.05) is 30.9 Å². The number of rotatable bonds is 5. The van der Waals surface area contributed by atoms with Gasteiger partial charge >= 0.3 is 0 Å². The summed E-state index contributed by atoms with van der Waals surface area (Å²) in [7, 11) is 0. The van der Waals surface area contributed by atoms with Crippen molar-refractivity contribution >= 4 is 23.6 Å². The fourth-order valence-electron chi connectivity index (χ4n) is 2.50. The fraction of sp³-hybridized carbons (Fsp3) is 0.471. The second-order valence-corrected chi connectivity index (χ2v) is 6.74. The van der Waals surface area contributed by atoms with Gasteiger partial charge in [0.2, 0.25) is 11.8 Å². The van der Waals surface area contributed by atoms with Crippen LogP contribution >= 0.6 is 11.8 Å². The minimum Gasteiger partial charge on any atom is -0.334 e. The monoisotopic (exact) mass is 333 g/mol. The lowest BCUT2D eigenvalue weighted by molar-refractivity contribution is -0.143. The summed E-state index contributed by atoms with van der Waals surface area (Å²) in [5.41, 5.74) is 0.992. The van der Waals surface area contributed by atoms with Gasteiger partial charge in [0.05, 0.1) is 5.88 Å². The lowest BCUT2D eigenvalue weighted by atomic mass is 10.1. The van der Waals surface area contributed by atoms with E-state index in [1.54, 1.807) is 42.1 Å². The molecule has 124 valence electrons. The van der Waals surface area contributed by atoms with Gasteiger partial charge in [-0.2, -0.15) is 0 Å². The van der Waals surface area contributed by atoms with Crippen molar-refractivity contribution in [3.05, 3.63) is 42.2 Å². The molecule has 0 saturated carbocycles. The number of aromatic nitrogens is 1. The average Bonchev–Trinajstić information content (AvgIpc) is 3.02. The largest absolute Gasteiger partial charge is 0.334 e. The number of amides is 2. The van der Waals surface area contributed by atoms with Crippen molar-refractivity contribution < 1.29 is 9.59 Å². The maximum Gasteiger partial charge on any atom is 0.247 e. The number of carbonyl (C=O) groups excluding carboxylic acids is 2. The Labute approximate surface area is 141 Å². The molecule has 1 atom stereocenters. The summed E-state index contributed by atoms with van der Waals surface area (Å²) in [5, 5.41) is 0. The second kappa shape index (κ2) is 8.15. The molecule has 1 aromatic heterocycles. The third-order valence-corrected chi connectivity index (χ3v) is 4.75. The van der Waals surface area contributed by atoms with E-state index in [-0.39, 0.29) is 23.9 Å². The van der Waals surface area contributed by atoms with Gasteiger partial charge in [0.1, 0.15) is 6.04 Å². The van der Waals surface area contributed by atoms with Crippen molar-refractivity contribution in [3.8, 4) is 0 Å². The van der Waals surface area contributed by atoms with E-state index in [1.165, 1.54) is 6.08 Å². The molecular weight excluding hydrogens is 310 g/mol. The van der Waals surface area contributed by atoms with Crippen molar-refractivity contribution in [1.82, 2.24) is 14.8 Å². The minimum atomic E-state index is -0.386. The zero-order valence-electron chi connectivity index (χ0n) is 13.8. The Kier molecular flexibility index (Phi) is 6.21. The maximum atomic E-state index is 13.0. The van der Waals surface area contributed by atoms with Gasteiger partial charge in [0, 0.05) is 30.7 Å². The third kappa shape index (κ3) is 4.34. The molecule has 6 heteroatoms. The van der Waals surface area contributed by atoms with Gasteiger partial charge in [0.15, 0.2) is 0 Å². The molecule has 0 N–H and O–H groups in total. The molecular formula is C17H23N3O2S. The molecule has 0 radical (unpaired) electrons. The topological polar surface area (TPSA) is 53.5 Å². The van der Waals surface area contributed by atoms with Crippen molar-refractivity contribution in [2.24, 2.45) is 0 Å². The van der Waals surface area contributed by atoms with Crippen molar-refractivity contribution in [2.75, 3.05) is 11.6 Å². The predicted molar refractivity (Wildman–Crippen MR) is 92.7 cm³/mol. The molecule has 1 fully saturated rings. The molecule has 2 rings (SSSR count). The first-order chi connectivity index (χ1) is 11.0. The summed E-state index contributed by atoms with van der Waals surface area (Å²) in [6, 6.07) is 3.50. The fourth-order valence-corrected chi connectivity index (χ4v) is 3.65. The van der Waals surface area contributed by atoms with Gasteiger partial charge in [-0.1, -0.05) is 12.1 Å². The first-order valence-corrected chi connectivity index (χ1v) is 8.90. The van der Waals surface area contributed by atoms with Crippen LogP contribution in [-0.4, -0.2) is 50.3 Å². The summed E-state index contributed by atoms with van der Waals surface area (Å²) in [5.74, 6) is 1.13. The molecule has 23 heavy (non-hydrogen) atoms. The lowest BCUT2D eigenvalue weighted by Crippen LogP contribution is -2.50. The van der Waals surface area contributed by atoms with Gasteiger partial charge in [-0.05, 0) is 38.5 Å². The standard InChI is InChI=1S/C17H23N3O2S/c1-4-6-16(21)20-12-23-11-15(20)17(22)19(13(2)3)10-14-7-5-8-18-9-14/h4-9,13,15H,10-12H2,1-3H3. The van der Waals surface area contributed by atoms with Gasteiger partial charge in [-0.15, -0.1) is 11.8 Å². The van der Waals surface area contributed by atoms with E-state index in [0.717, 1.165) is 5.56 Å². The number of pyridine rings is 1. The van der Waals surface area contributed by atoms with Crippen LogP contribution in [0.2, 0.25) is 0 Å². The molecule has 0 aromatic carbocycles. The van der Waals surface area contributed by atoms with Gasteiger partial charge < -0.3 is 9.80 Å². The van der Waals surface area contributed by atoms with Crippen LogP contribution in [0, 0.1) is 0 Å². The lowest BCUT2D eigenvalue weighted by Gasteiger charge is -2.32. The van der Waals surface area contributed by atoms with Crippen LogP contribution in [-0.2, 0) is 16.1 Å². The Hall–Kier alpha value is -1.82. The first-order valence-electron chi connectivity index (χ1n) is 7.75. The van der Waals surface area contributed by atoms with E-state index in [2.05, 4.69) is 4.98 Å². The van der Waals surface area contributed by atoms with Crippen LogP contribution in [0.1, 0.15) is 26.3 Å². The summed E-state index contributed by atoms with van der Waals surface area (Å²) < 4.78 is 0. The summed E-state index contributed by atoms with van der Waals surface area (Å²) in [6.45, 7) is 6.31. The van der Waals surface area contributed by atoms with Crippen LogP contribution in [0.4, 0.5) is 0 Å². The third-order valence-electron chi connectivity index (χ3n) is 3.74. The van der Waals surface area contributed by atoms with E-state index in [0.29, 0.717) is 18.2 Å². The highest BCUT2D eigenvalue weighted by Gasteiger charge is 2.36. The Balaban J connectivity index is 2.15. The van der Waals surface area contributed by atoms with E-state index in [9.17, 15) is 9.59 Å². The summed E-state index contributed by atoms with van der Waals surface area (Å²) >= 11 is 1.62. The predicted octanol–water partition coefficient (Wildman–Crippen LogP) is 2.30. The van der Waals surface area contributed by atoms with E-state index < -0.39 is 0 Å². The summed E-state index contributed by atoms with van der Waals surface area (Å²) in [6.07, 6.45) is 6.72. The van der Waals surface area contributed by atoms with Crippen LogP contribution < -0.4 is 0 Å². The van der Waals surface area contributed by atoms with Crippen molar-refractivity contribution in [3.63, 3.8) is 0 Å². The molecule has 0 bridgehead atoms. The Morgan fingerprint density at radius 1 is 1.52 bits per heavy atom. The smallest absolute Gasteiger partial charge is 0.247 e. The molecule has 1 aliphatic rings. The highest BCUT2D eigenvalue weighted by molar-refractivity contribution is 7.99. The number of carbonyl (C=O) groups is 2. The summed E-state index contributed by atoms with van der Waals surface area (Å²) in [4.78, 5) is 32.7. The zero-order chi connectivity index (χ0) is 16.8. The number of hydrogen-bond acceptors (Lipinski definition) is 4. The number of thioether (sulfide) groups is 1. The molecule has 0 aliphatic carbocycles. The SMILES string of the molecule is CC=CC(=O)N1CSCC1C(=O)N(Cc1cccnc1)C(C)C. The molecule has 1 aromatic rings. The highest BCUT2D eigenvalue weighted by Crippen LogP contribution is 2.24. The molecule has 1 aliphatic heterocycles. The molecule has 2 amide bonds. The van der Waals surface area contributed by atoms with Crippen molar-refractivity contribution in [2.45, 2.75) is 39.4 Å². The normalized spacial score (nSPS) is 17.9. The molecule has 0 spiro atoms. The minimum absolute atomic E-state index is 0.00621. The molecule has 1 saturated heterocycles. The van der Waals surface area contributed by atoms with Gasteiger partial charge in [-0.25, -0.2) is 0 Å². The van der Waals surface area contributed by atoms with Crippen LogP contribution in [0.3, 0.4) is 0 Å². The highest BCUT2D eigenvalue weighted by atomic mass is 32.2. The van der Waals surface area contributed by atoms with E-state index in [4.69, 9.17) is 0 Å². The number of nitrogens with zero attached hydrogens (tertiary/aromatic N) is 3. The van der Waals surface area contributed by atoms with Crippen LogP contribution in [0.5, 0.6) is 0 Å². The van der Waals surface area contributed by atoms with Crippen LogP contribution in [0.15, 0.2) is 36.7 Å². The number of allylic oxidation sites excluding steroid dienone is 1. The first kappa shape index (κ1) is 17.5. The van der Waals surface area contributed by atoms with Crippen molar-refractivity contribution in [1.29, 1.82) is 0 Å². The molecule has 1 unspecified atom stereocenters. The van der Waals surface area contributed by atoms with Gasteiger partial charge in [0.25, 0.3) is 0 Å². The average molecular weight is 333 g/mol. The quantitative estimate of drug-likeness (QED) is 0.776. The van der Waals surface area contributed by atoms with Crippen LogP contribution in [0.25, 0.3) is 0 Å². The molecule has 2 heterocycles. The maximum absolute atomic E-state index is 13.0. The van der Waals surface area contributed by atoms with Gasteiger partial charge in [-0.3, -0.25) is 14.6 Å². The molecule has 5 nitrogen and oxygen atoms in total. The zero-order valence-corrected chi connectivity index (χ0v) is 14.6. The Morgan fingerprint density at radius 3 is 2.91 bits per heavy atom. The van der Waals surface area contributed by atoms with E-state index >= 15 is 0 Å². The second-order valence-electron chi connectivity index (χ2n) is 5.74. The number of hydrogen-bond donors (Lipinski definition) is 0. The Bertz CT molecular complexity index is 574. The Morgan fingerprint density at radius 2 is 2.30 bits per heavy atom.